The Morgan fingerprint density at radius 3 is 2.54 bits per heavy atom. The minimum atomic E-state index is -1.79. The van der Waals surface area contributed by atoms with Crippen molar-refractivity contribution in [2.45, 2.75) is 45.3 Å². The molecule has 0 aromatic heterocycles. The lowest BCUT2D eigenvalue weighted by Crippen LogP contribution is -2.33. The molecule has 0 unspecified atom stereocenters. The summed E-state index contributed by atoms with van der Waals surface area (Å²) in [6.07, 6.45) is 2.38. The average Bonchev–Trinajstić information content (AvgIpc) is 2.00. The highest BCUT2D eigenvalue weighted by Crippen LogP contribution is 2.15. The third-order valence-corrected chi connectivity index (χ3v) is 4.18. The quantitative estimate of drug-likeness (QED) is 0.672. The molecular formula is C9H20O3Si. The van der Waals surface area contributed by atoms with Crippen molar-refractivity contribution in [3.05, 3.63) is 0 Å². The molecule has 1 N–H and O–H groups in total. The molecule has 4 heteroatoms. The molecule has 3 nitrogen and oxygen atoms in total. The van der Waals surface area contributed by atoms with Gasteiger partial charge in [0.1, 0.15) is 0 Å². The van der Waals surface area contributed by atoms with Gasteiger partial charge in [-0.3, -0.25) is 4.79 Å². The van der Waals surface area contributed by atoms with Crippen LogP contribution in [-0.2, 0) is 9.22 Å². The van der Waals surface area contributed by atoms with Crippen LogP contribution in [-0.4, -0.2) is 26.0 Å². The van der Waals surface area contributed by atoms with E-state index in [2.05, 4.69) is 6.92 Å². The van der Waals surface area contributed by atoms with Crippen molar-refractivity contribution in [3.63, 3.8) is 0 Å². The molecule has 0 fully saturated rings. The predicted molar refractivity (Wildman–Crippen MR) is 55.0 cm³/mol. The second-order valence-corrected chi connectivity index (χ2v) is 8.03. The van der Waals surface area contributed by atoms with E-state index in [-0.39, 0.29) is 19.0 Å². The van der Waals surface area contributed by atoms with E-state index in [1.807, 2.05) is 13.1 Å². The number of carbonyl (C=O) groups is 1. The molecule has 0 spiro atoms. The Labute approximate surface area is 81.2 Å². The smallest absolute Gasteiger partial charge is 0.294 e. The first-order chi connectivity index (χ1) is 6.02. The van der Waals surface area contributed by atoms with Crippen LogP contribution in [0.1, 0.15) is 26.2 Å². The van der Waals surface area contributed by atoms with Crippen LogP contribution in [0.5, 0.6) is 0 Å². The predicted octanol–water partition coefficient (Wildman–Crippen LogP) is 1.92. The van der Waals surface area contributed by atoms with Gasteiger partial charge >= 0.3 is 0 Å². The van der Waals surface area contributed by atoms with Gasteiger partial charge in [-0.25, -0.2) is 0 Å². The summed E-state index contributed by atoms with van der Waals surface area (Å²) in [6, 6.07) is 1.01. The Hall–Kier alpha value is -0.353. The first-order valence-electron chi connectivity index (χ1n) is 4.84. The van der Waals surface area contributed by atoms with Crippen LogP contribution in [0.3, 0.4) is 0 Å². The van der Waals surface area contributed by atoms with Crippen molar-refractivity contribution in [2.24, 2.45) is 0 Å². The third kappa shape index (κ3) is 6.78. The highest BCUT2D eigenvalue weighted by Gasteiger charge is 2.25. The number of carbonyl (C=O) groups excluding carboxylic acids is 1. The topological polar surface area (TPSA) is 46.5 Å². The van der Waals surface area contributed by atoms with E-state index in [4.69, 9.17) is 9.53 Å². The molecule has 0 rings (SSSR count). The normalized spacial score (nSPS) is 11.4. The monoisotopic (exact) mass is 204 g/mol. The van der Waals surface area contributed by atoms with Crippen molar-refractivity contribution in [3.8, 4) is 0 Å². The maximum atomic E-state index is 11.1. The summed E-state index contributed by atoms with van der Waals surface area (Å²) in [7, 11) is -1.79. The van der Waals surface area contributed by atoms with E-state index in [9.17, 15) is 4.79 Å². The molecule has 0 heterocycles. The Morgan fingerprint density at radius 1 is 1.46 bits per heavy atom. The maximum Gasteiger partial charge on any atom is 0.294 e. The number of aliphatic hydroxyl groups is 1. The van der Waals surface area contributed by atoms with Gasteiger partial charge in [-0.05, 0) is 19.1 Å². The second-order valence-electron chi connectivity index (χ2n) is 3.81. The van der Waals surface area contributed by atoms with Gasteiger partial charge in [0.15, 0.2) is 0 Å². The molecule has 0 saturated carbocycles. The zero-order valence-corrected chi connectivity index (χ0v) is 9.80. The summed E-state index contributed by atoms with van der Waals surface area (Å²) in [4.78, 5) is 11.1. The van der Waals surface area contributed by atoms with Crippen LogP contribution in [0.15, 0.2) is 0 Å². The van der Waals surface area contributed by atoms with Crippen molar-refractivity contribution >= 4 is 14.3 Å². The summed E-state index contributed by atoms with van der Waals surface area (Å²) in [5.74, 6) is -0.254. The fraction of sp³-hybridized carbons (Fsp3) is 0.889. The van der Waals surface area contributed by atoms with Gasteiger partial charge < -0.3 is 9.53 Å². The van der Waals surface area contributed by atoms with E-state index in [1.165, 1.54) is 0 Å². The van der Waals surface area contributed by atoms with Crippen molar-refractivity contribution in [1.29, 1.82) is 0 Å². The summed E-state index contributed by atoms with van der Waals surface area (Å²) >= 11 is 0. The van der Waals surface area contributed by atoms with Crippen molar-refractivity contribution in [2.75, 3.05) is 6.61 Å². The average molecular weight is 204 g/mol. The Kier molecular flexibility index (Phi) is 5.99. The summed E-state index contributed by atoms with van der Waals surface area (Å²) < 4.78 is 5.32. The summed E-state index contributed by atoms with van der Waals surface area (Å²) in [5.41, 5.74) is 0. The van der Waals surface area contributed by atoms with Crippen LogP contribution in [0, 0.1) is 0 Å². The molecule has 0 aliphatic carbocycles. The first kappa shape index (κ1) is 12.6. The van der Waals surface area contributed by atoms with Gasteiger partial charge in [-0.1, -0.05) is 19.8 Å². The molecular weight excluding hydrogens is 184 g/mol. The van der Waals surface area contributed by atoms with Crippen molar-refractivity contribution < 1.29 is 14.3 Å². The highest BCUT2D eigenvalue weighted by atomic mass is 28.4. The zero-order valence-electron chi connectivity index (χ0n) is 8.80. The van der Waals surface area contributed by atoms with Crippen LogP contribution < -0.4 is 0 Å². The van der Waals surface area contributed by atoms with Crippen LogP contribution in [0.25, 0.3) is 0 Å². The largest absolute Gasteiger partial charge is 0.520 e. The molecule has 0 saturated heterocycles. The first-order valence-corrected chi connectivity index (χ1v) is 7.96. The lowest BCUT2D eigenvalue weighted by atomic mass is 10.4. The van der Waals surface area contributed by atoms with Gasteiger partial charge in [-0.2, -0.15) is 0 Å². The van der Waals surface area contributed by atoms with Gasteiger partial charge in [0.2, 0.25) is 8.32 Å². The number of unbranched alkanes of at least 4 members (excludes halogenated alkanes) is 1. The number of rotatable bonds is 6. The highest BCUT2D eigenvalue weighted by molar-refractivity contribution is 6.72. The second kappa shape index (κ2) is 6.15. The van der Waals surface area contributed by atoms with Crippen molar-refractivity contribution in [1.82, 2.24) is 0 Å². The molecule has 0 aliphatic heterocycles. The van der Waals surface area contributed by atoms with E-state index in [1.54, 1.807) is 0 Å². The van der Waals surface area contributed by atoms with E-state index < -0.39 is 8.32 Å². The lowest BCUT2D eigenvalue weighted by Gasteiger charge is -2.22. The molecule has 0 aromatic rings. The zero-order chi connectivity index (χ0) is 10.3. The van der Waals surface area contributed by atoms with Gasteiger partial charge in [0, 0.05) is 0 Å². The van der Waals surface area contributed by atoms with Gasteiger partial charge in [0.25, 0.3) is 5.97 Å². The van der Waals surface area contributed by atoms with Crippen LogP contribution >= 0.6 is 0 Å². The maximum absolute atomic E-state index is 11.1. The fourth-order valence-electron chi connectivity index (χ4n) is 1.10. The molecule has 0 radical (unpaired) electrons. The van der Waals surface area contributed by atoms with Gasteiger partial charge in [0.05, 0.1) is 13.0 Å². The summed E-state index contributed by atoms with van der Waals surface area (Å²) in [6.45, 7) is 6.09. The van der Waals surface area contributed by atoms with Crippen LogP contribution in [0.4, 0.5) is 0 Å². The molecule has 0 aromatic carbocycles. The Bertz CT molecular complexity index is 157. The minimum Gasteiger partial charge on any atom is -0.520 e. The standard InChI is InChI=1S/C9H20O3Si/c1-4-5-8-13(2,3)12-9(11)6-7-10/h10H,4-8H2,1-3H3. The van der Waals surface area contributed by atoms with Gasteiger partial charge in [-0.15, -0.1) is 0 Å². The van der Waals surface area contributed by atoms with E-state index in [0.29, 0.717) is 0 Å². The molecule has 0 aliphatic rings. The number of hydrogen-bond acceptors (Lipinski definition) is 3. The Morgan fingerprint density at radius 2 is 2.08 bits per heavy atom. The fourth-order valence-corrected chi connectivity index (χ4v) is 3.13. The molecule has 78 valence electrons. The lowest BCUT2D eigenvalue weighted by molar-refractivity contribution is -0.135. The molecule has 0 amide bonds. The van der Waals surface area contributed by atoms with E-state index >= 15 is 0 Å². The molecule has 0 bridgehead atoms. The molecule has 13 heavy (non-hydrogen) atoms. The van der Waals surface area contributed by atoms with Crippen LogP contribution in [0.2, 0.25) is 19.1 Å². The number of aliphatic hydroxyl groups excluding tert-OH is 1. The minimum absolute atomic E-state index is 0.114. The third-order valence-electron chi connectivity index (χ3n) is 1.84. The Balaban J connectivity index is 3.79. The SMILES string of the molecule is CCCC[Si](C)(C)OC(=O)CCO. The molecule has 0 atom stereocenters. The number of hydrogen-bond donors (Lipinski definition) is 1. The van der Waals surface area contributed by atoms with E-state index in [0.717, 1.165) is 18.9 Å². The summed E-state index contributed by atoms with van der Waals surface area (Å²) in [5, 5.41) is 8.52.